The van der Waals surface area contributed by atoms with E-state index in [1.54, 1.807) is 18.2 Å². The van der Waals surface area contributed by atoms with Gasteiger partial charge in [-0.05, 0) is 25.1 Å². The van der Waals surface area contributed by atoms with Crippen LogP contribution in [-0.4, -0.2) is 22.6 Å². The van der Waals surface area contributed by atoms with E-state index in [-0.39, 0.29) is 24.0 Å². The molecule has 0 aliphatic carbocycles. The number of nitrogens with one attached hydrogen (secondary N) is 2. The van der Waals surface area contributed by atoms with Crippen molar-refractivity contribution < 1.29 is 14.4 Å². The number of hydrogen-bond acceptors (Lipinski definition) is 5. The fourth-order valence-electron chi connectivity index (χ4n) is 1.65. The maximum atomic E-state index is 11.5. The lowest BCUT2D eigenvalue weighted by molar-refractivity contribution is -0.124. The summed E-state index contributed by atoms with van der Waals surface area (Å²) in [5.41, 5.74) is 1.40. The molecule has 104 valence electrons. The normalized spacial score (nSPS) is 10.3. The van der Waals surface area contributed by atoms with Crippen molar-refractivity contribution in [3.8, 4) is 0 Å². The average Bonchev–Trinajstić information content (AvgIpc) is 2.67. The van der Waals surface area contributed by atoms with Gasteiger partial charge in [0, 0.05) is 12.6 Å². The number of rotatable bonds is 4. The second kappa shape index (κ2) is 5.79. The number of benzene rings is 1. The fourth-order valence-corrected chi connectivity index (χ4v) is 2.57. The highest BCUT2D eigenvalue weighted by Crippen LogP contribution is 2.28. The van der Waals surface area contributed by atoms with E-state index in [0.29, 0.717) is 10.8 Å². The molecule has 0 saturated carbocycles. The Morgan fingerprint density at radius 1 is 1.20 bits per heavy atom. The molecule has 0 atom stereocenters. The second-order valence-electron chi connectivity index (χ2n) is 4.31. The molecule has 2 rings (SSSR count). The molecule has 0 aliphatic heterocycles. The Bertz CT molecular complexity index is 693. The molecule has 0 unspecified atom stereocenters. The summed E-state index contributed by atoms with van der Waals surface area (Å²) in [6.07, 6.45) is -0.160. The number of amides is 2. The molecule has 0 radical (unpaired) electrons. The Balaban J connectivity index is 2.18. The largest absolute Gasteiger partial charge is 0.326 e. The number of carbonyl (C=O) groups is 3. The van der Waals surface area contributed by atoms with Crippen LogP contribution in [0.25, 0.3) is 10.2 Å². The lowest BCUT2D eigenvalue weighted by Gasteiger charge is -1.99. The smallest absolute Gasteiger partial charge is 0.233 e. The summed E-state index contributed by atoms with van der Waals surface area (Å²) in [6, 6.07) is 5.29. The molecule has 2 aromatic rings. The van der Waals surface area contributed by atoms with E-state index in [2.05, 4.69) is 15.6 Å². The van der Waals surface area contributed by atoms with Gasteiger partial charge in [0.1, 0.15) is 5.78 Å². The maximum absolute atomic E-state index is 11.5. The Labute approximate surface area is 119 Å². The average molecular weight is 291 g/mol. The molecule has 1 aromatic carbocycles. The van der Waals surface area contributed by atoms with E-state index in [1.807, 2.05) is 0 Å². The van der Waals surface area contributed by atoms with E-state index in [0.717, 1.165) is 10.2 Å². The zero-order valence-corrected chi connectivity index (χ0v) is 11.8. The summed E-state index contributed by atoms with van der Waals surface area (Å²) in [5, 5.41) is 5.70. The first kappa shape index (κ1) is 14.1. The van der Waals surface area contributed by atoms with Crippen LogP contribution in [0.3, 0.4) is 0 Å². The van der Waals surface area contributed by atoms with Crippen LogP contribution in [0.2, 0.25) is 0 Å². The molecule has 2 N–H and O–H groups in total. The van der Waals surface area contributed by atoms with Crippen LogP contribution in [0.1, 0.15) is 20.3 Å². The highest BCUT2D eigenvalue weighted by molar-refractivity contribution is 7.22. The second-order valence-corrected chi connectivity index (χ2v) is 5.34. The topological polar surface area (TPSA) is 88.2 Å². The first-order valence-electron chi connectivity index (χ1n) is 5.91. The van der Waals surface area contributed by atoms with Gasteiger partial charge in [-0.3, -0.25) is 14.4 Å². The predicted molar refractivity (Wildman–Crippen MR) is 77.9 cm³/mol. The molecule has 6 nitrogen and oxygen atoms in total. The van der Waals surface area contributed by atoms with Crippen molar-refractivity contribution in [2.75, 3.05) is 10.6 Å². The zero-order valence-electron chi connectivity index (χ0n) is 11.0. The zero-order chi connectivity index (χ0) is 14.7. The predicted octanol–water partition coefficient (Wildman–Crippen LogP) is 2.17. The van der Waals surface area contributed by atoms with Gasteiger partial charge in [-0.15, -0.1) is 0 Å². The highest BCUT2D eigenvalue weighted by Gasteiger charge is 2.10. The van der Waals surface area contributed by atoms with E-state index in [9.17, 15) is 14.4 Å². The van der Waals surface area contributed by atoms with Gasteiger partial charge < -0.3 is 10.6 Å². The number of carbonyl (C=O) groups excluding carboxylic acids is 3. The standard InChI is InChI=1S/C13H13N3O3S/c1-7(17)5-12(19)16-13-15-10-4-3-9(14-8(2)18)6-11(10)20-13/h3-4,6H,5H2,1-2H3,(H,14,18)(H,15,16,19). The third-order valence-electron chi connectivity index (χ3n) is 2.36. The van der Waals surface area contributed by atoms with Crippen LogP contribution >= 0.6 is 11.3 Å². The Hall–Kier alpha value is -2.28. The van der Waals surface area contributed by atoms with Gasteiger partial charge >= 0.3 is 0 Å². The van der Waals surface area contributed by atoms with Gasteiger partial charge in [-0.2, -0.15) is 0 Å². The monoisotopic (exact) mass is 291 g/mol. The Morgan fingerprint density at radius 3 is 2.60 bits per heavy atom. The van der Waals surface area contributed by atoms with Crippen LogP contribution in [0, 0.1) is 0 Å². The summed E-state index contributed by atoms with van der Waals surface area (Å²) in [4.78, 5) is 37.6. The van der Waals surface area contributed by atoms with Gasteiger partial charge in [-0.1, -0.05) is 11.3 Å². The van der Waals surface area contributed by atoms with Crippen molar-refractivity contribution in [3.63, 3.8) is 0 Å². The number of hydrogen-bond donors (Lipinski definition) is 2. The number of ketones is 1. The molecule has 0 spiro atoms. The van der Waals surface area contributed by atoms with Crippen LogP contribution in [-0.2, 0) is 14.4 Å². The van der Waals surface area contributed by atoms with E-state index in [4.69, 9.17) is 0 Å². The quantitative estimate of drug-likeness (QED) is 0.845. The van der Waals surface area contributed by atoms with Crippen molar-refractivity contribution in [2.45, 2.75) is 20.3 Å². The molecule has 1 aromatic heterocycles. The van der Waals surface area contributed by atoms with Gasteiger partial charge in [0.25, 0.3) is 0 Å². The molecule has 20 heavy (non-hydrogen) atoms. The van der Waals surface area contributed by atoms with Crippen LogP contribution in [0.4, 0.5) is 10.8 Å². The molecule has 2 amide bonds. The number of thiazole rings is 1. The summed E-state index contributed by atoms with van der Waals surface area (Å²) < 4.78 is 0.842. The van der Waals surface area contributed by atoms with E-state index >= 15 is 0 Å². The Kier molecular flexibility index (Phi) is 4.09. The first-order valence-corrected chi connectivity index (χ1v) is 6.73. The third-order valence-corrected chi connectivity index (χ3v) is 3.30. The summed E-state index contributed by atoms with van der Waals surface area (Å²) in [7, 11) is 0. The number of anilines is 2. The molecule has 0 bridgehead atoms. The number of Topliss-reactive ketones (excluding diaryl/α,β-unsaturated/α-hetero) is 1. The first-order chi connectivity index (χ1) is 9.44. The van der Waals surface area contributed by atoms with Gasteiger partial charge in [0.2, 0.25) is 11.8 Å². The molecule has 0 aliphatic rings. The Morgan fingerprint density at radius 2 is 1.95 bits per heavy atom. The van der Waals surface area contributed by atoms with Crippen molar-refractivity contribution >= 4 is 50.0 Å². The third kappa shape index (κ3) is 3.61. The SMILES string of the molecule is CC(=O)CC(=O)Nc1nc2ccc(NC(C)=O)cc2s1. The van der Waals surface area contributed by atoms with E-state index in [1.165, 1.54) is 25.2 Å². The molecule has 7 heteroatoms. The summed E-state index contributed by atoms with van der Waals surface area (Å²) in [5.74, 6) is -0.723. The van der Waals surface area contributed by atoms with Crippen LogP contribution in [0.15, 0.2) is 18.2 Å². The fraction of sp³-hybridized carbons (Fsp3) is 0.231. The highest BCUT2D eigenvalue weighted by atomic mass is 32.1. The van der Waals surface area contributed by atoms with Gasteiger partial charge in [0.05, 0.1) is 16.6 Å². The molecular weight excluding hydrogens is 278 g/mol. The van der Waals surface area contributed by atoms with Crippen LogP contribution in [0.5, 0.6) is 0 Å². The minimum Gasteiger partial charge on any atom is -0.326 e. The summed E-state index contributed by atoms with van der Waals surface area (Å²) in [6.45, 7) is 2.79. The maximum Gasteiger partial charge on any atom is 0.233 e. The van der Waals surface area contributed by atoms with Gasteiger partial charge in [0.15, 0.2) is 5.13 Å². The molecular formula is C13H13N3O3S. The summed E-state index contributed by atoms with van der Waals surface area (Å²) >= 11 is 1.29. The van der Waals surface area contributed by atoms with E-state index < -0.39 is 0 Å². The van der Waals surface area contributed by atoms with Crippen molar-refractivity contribution in [1.82, 2.24) is 4.98 Å². The molecule has 1 heterocycles. The molecule has 0 saturated heterocycles. The van der Waals surface area contributed by atoms with Crippen LogP contribution < -0.4 is 10.6 Å². The molecule has 0 fully saturated rings. The van der Waals surface area contributed by atoms with Crippen molar-refractivity contribution in [3.05, 3.63) is 18.2 Å². The lowest BCUT2D eigenvalue weighted by Crippen LogP contribution is -2.14. The number of fused-ring (bicyclic) bond motifs is 1. The minimum absolute atomic E-state index is 0.149. The van der Waals surface area contributed by atoms with Crippen molar-refractivity contribution in [2.24, 2.45) is 0 Å². The van der Waals surface area contributed by atoms with Crippen molar-refractivity contribution in [1.29, 1.82) is 0 Å². The number of aromatic nitrogens is 1. The van der Waals surface area contributed by atoms with Gasteiger partial charge in [-0.25, -0.2) is 4.98 Å². The minimum atomic E-state index is -0.376. The number of nitrogens with zero attached hydrogens (tertiary/aromatic N) is 1. The lowest BCUT2D eigenvalue weighted by atomic mass is 10.3.